The minimum absolute atomic E-state index is 0.343. The summed E-state index contributed by atoms with van der Waals surface area (Å²) in [6.07, 6.45) is 1.82. The highest BCUT2D eigenvalue weighted by Gasteiger charge is 2.44. The molecule has 2 amide bonds. The molecule has 2 N–H and O–H groups in total. The minimum atomic E-state index is -1.02. The SMILES string of the molecule is COc1cccc(COc2ccc(C(=O)N3[C@@H](c4ccccc4Cl)CC[C@H]3C(=O)O)cc2)c1.O=C(O)[C@@H]1CC[C@H](c2ccccc2Cl)N1C(=O)c1ccc(OCc2cccc(Cl)c2)cc1. The van der Waals surface area contributed by atoms with E-state index in [9.17, 15) is 29.4 Å². The Morgan fingerprint density at radius 2 is 0.954 bits per heavy atom. The summed E-state index contributed by atoms with van der Waals surface area (Å²) in [4.78, 5) is 53.3. The van der Waals surface area contributed by atoms with Crippen molar-refractivity contribution in [2.45, 2.75) is 63.1 Å². The molecule has 0 unspecified atom stereocenters. The van der Waals surface area contributed by atoms with Crippen LogP contribution in [-0.4, -0.2) is 63.0 Å². The molecule has 0 aromatic heterocycles. The molecule has 2 heterocycles. The summed E-state index contributed by atoms with van der Waals surface area (Å²) in [5, 5.41) is 21.1. The van der Waals surface area contributed by atoms with Crippen LogP contribution in [-0.2, 0) is 22.8 Å². The molecule has 2 aliphatic heterocycles. The third kappa shape index (κ3) is 11.2. The van der Waals surface area contributed by atoms with Gasteiger partial charge < -0.3 is 34.2 Å². The van der Waals surface area contributed by atoms with Gasteiger partial charge in [-0.1, -0.05) is 95.5 Å². The molecule has 6 aromatic carbocycles. The Morgan fingerprint density at radius 1 is 0.523 bits per heavy atom. The van der Waals surface area contributed by atoms with Crippen LogP contribution in [0.15, 0.2) is 146 Å². The van der Waals surface area contributed by atoms with E-state index in [1.165, 1.54) is 9.80 Å². The number of carbonyl (C=O) groups excluding carboxylic acids is 2. The molecule has 0 radical (unpaired) electrons. The summed E-state index contributed by atoms with van der Waals surface area (Å²) < 4.78 is 16.8. The van der Waals surface area contributed by atoms with Crippen molar-refractivity contribution in [3.63, 3.8) is 0 Å². The van der Waals surface area contributed by atoms with E-state index in [1.807, 2.05) is 78.9 Å². The first-order valence-electron chi connectivity index (χ1n) is 20.8. The molecule has 0 saturated carbocycles. The molecule has 8 rings (SSSR count). The van der Waals surface area contributed by atoms with Crippen LogP contribution in [0.1, 0.15) is 80.7 Å². The first-order chi connectivity index (χ1) is 31.4. The summed E-state index contributed by atoms with van der Waals surface area (Å²) >= 11 is 18.7. The van der Waals surface area contributed by atoms with Gasteiger partial charge in [-0.05, 0) is 133 Å². The number of hydrogen-bond acceptors (Lipinski definition) is 7. The van der Waals surface area contributed by atoms with Gasteiger partial charge in [-0.25, -0.2) is 9.59 Å². The second-order valence-electron chi connectivity index (χ2n) is 15.5. The Balaban J connectivity index is 0.000000194. The fourth-order valence-electron chi connectivity index (χ4n) is 8.18. The first kappa shape index (κ1) is 46.5. The van der Waals surface area contributed by atoms with E-state index < -0.39 is 36.1 Å². The van der Waals surface area contributed by atoms with Gasteiger partial charge in [0.2, 0.25) is 0 Å². The van der Waals surface area contributed by atoms with Crippen LogP contribution in [0.3, 0.4) is 0 Å². The van der Waals surface area contributed by atoms with E-state index in [1.54, 1.807) is 73.8 Å². The molecule has 334 valence electrons. The lowest BCUT2D eigenvalue weighted by Crippen LogP contribution is -2.41. The van der Waals surface area contributed by atoms with E-state index in [2.05, 4.69) is 0 Å². The average Bonchev–Trinajstić information content (AvgIpc) is 3.97. The fraction of sp³-hybridized carbons (Fsp3) is 0.216. The lowest BCUT2D eigenvalue weighted by atomic mass is 10.0. The number of nitrogens with zero attached hydrogens (tertiary/aromatic N) is 2. The number of carboxylic acid groups (broad SMARTS) is 2. The number of halogens is 3. The van der Waals surface area contributed by atoms with Crippen molar-refractivity contribution in [3.8, 4) is 17.2 Å². The second kappa shape index (κ2) is 21.4. The number of likely N-dealkylation sites (tertiary alicyclic amines) is 2. The Kier molecular flexibility index (Phi) is 15.3. The highest BCUT2D eigenvalue weighted by molar-refractivity contribution is 6.32. The molecule has 6 aromatic rings. The lowest BCUT2D eigenvalue weighted by Gasteiger charge is -2.29. The number of carboxylic acids is 2. The molecule has 0 aliphatic carbocycles. The predicted molar refractivity (Wildman–Crippen MR) is 248 cm³/mol. The zero-order chi connectivity index (χ0) is 46.0. The van der Waals surface area contributed by atoms with Crippen LogP contribution in [0.25, 0.3) is 0 Å². The number of benzene rings is 6. The Bertz CT molecular complexity index is 2640. The van der Waals surface area contributed by atoms with Gasteiger partial charge in [0.15, 0.2) is 0 Å². The Labute approximate surface area is 391 Å². The van der Waals surface area contributed by atoms with Crippen LogP contribution in [0, 0.1) is 0 Å². The molecule has 2 aliphatic rings. The van der Waals surface area contributed by atoms with Crippen molar-refractivity contribution in [1.29, 1.82) is 0 Å². The smallest absolute Gasteiger partial charge is 0.326 e. The standard InChI is InChI=1S/C26H24ClNO5.C25H21Cl2NO4/c1-32-20-6-4-5-17(15-20)16-33-19-11-9-18(10-12-19)25(29)28-23(13-14-24(28)26(30)31)21-7-2-3-8-22(21)27;26-18-5-3-4-16(14-18)15-32-19-10-8-17(9-11-19)24(29)28-22(12-13-23(28)25(30)31)20-6-1-2-7-21(20)27/h2-12,15,23-24H,13-14,16H2,1H3,(H,30,31);1-11,14,22-23H,12-13,15H2,(H,30,31)/t23-,24+;22-,23+/m11/s1. The molecule has 4 atom stereocenters. The maximum atomic E-state index is 13.4. The third-order valence-corrected chi connectivity index (χ3v) is 12.3. The number of carbonyl (C=O) groups is 4. The van der Waals surface area contributed by atoms with E-state index in [0.717, 1.165) is 28.0 Å². The Hall–Kier alpha value is -6.53. The summed E-state index contributed by atoms with van der Waals surface area (Å²) in [6, 6.07) is 40.3. The van der Waals surface area contributed by atoms with E-state index in [-0.39, 0.29) is 11.8 Å². The minimum Gasteiger partial charge on any atom is -0.497 e. The first-order valence-corrected chi connectivity index (χ1v) is 22.0. The normalized spacial score (nSPS) is 17.7. The fourth-order valence-corrected chi connectivity index (χ4v) is 8.92. The third-order valence-electron chi connectivity index (χ3n) is 11.4. The van der Waals surface area contributed by atoms with Gasteiger partial charge >= 0.3 is 11.9 Å². The molecule has 2 saturated heterocycles. The number of rotatable bonds is 13. The molecular formula is C51H45Cl3N2O9. The van der Waals surface area contributed by atoms with Crippen molar-refractivity contribution in [2.24, 2.45) is 0 Å². The lowest BCUT2D eigenvalue weighted by molar-refractivity contribution is -0.142. The van der Waals surface area contributed by atoms with Gasteiger partial charge in [-0.2, -0.15) is 0 Å². The quantitative estimate of drug-likeness (QED) is 0.116. The number of ether oxygens (including phenoxy) is 3. The summed E-state index contributed by atoms with van der Waals surface area (Å²) in [6.45, 7) is 0.696. The summed E-state index contributed by atoms with van der Waals surface area (Å²) in [7, 11) is 1.61. The van der Waals surface area contributed by atoms with Crippen LogP contribution in [0.4, 0.5) is 0 Å². The number of methoxy groups -OCH3 is 1. The second-order valence-corrected chi connectivity index (χ2v) is 16.7. The molecule has 2 fully saturated rings. The maximum absolute atomic E-state index is 13.4. The van der Waals surface area contributed by atoms with Crippen molar-refractivity contribution in [2.75, 3.05) is 7.11 Å². The van der Waals surface area contributed by atoms with E-state index in [0.29, 0.717) is 76.6 Å². The van der Waals surface area contributed by atoms with Crippen LogP contribution in [0.5, 0.6) is 17.2 Å². The topological polar surface area (TPSA) is 143 Å². The monoisotopic (exact) mass is 934 g/mol. The molecule has 65 heavy (non-hydrogen) atoms. The largest absolute Gasteiger partial charge is 0.497 e. The molecule has 0 spiro atoms. The van der Waals surface area contributed by atoms with Crippen molar-refractivity contribution >= 4 is 58.6 Å². The summed E-state index contributed by atoms with van der Waals surface area (Å²) in [5.41, 5.74) is 4.20. The zero-order valence-corrected chi connectivity index (χ0v) is 37.5. The van der Waals surface area contributed by atoms with Gasteiger partial charge in [0.1, 0.15) is 42.5 Å². The van der Waals surface area contributed by atoms with Gasteiger partial charge in [-0.15, -0.1) is 0 Å². The van der Waals surface area contributed by atoms with Crippen molar-refractivity contribution in [1.82, 2.24) is 9.80 Å². The molecular weight excluding hydrogens is 891 g/mol. The highest BCUT2D eigenvalue weighted by Crippen LogP contribution is 2.42. The average molecular weight is 936 g/mol. The van der Waals surface area contributed by atoms with Gasteiger partial charge in [0.25, 0.3) is 11.8 Å². The highest BCUT2D eigenvalue weighted by atomic mass is 35.5. The van der Waals surface area contributed by atoms with E-state index >= 15 is 0 Å². The number of hydrogen-bond donors (Lipinski definition) is 2. The predicted octanol–water partition coefficient (Wildman–Crippen LogP) is 11.4. The van der Waals surface area contributed by atoms with Gasteiger partial charge in [-0.3, -0.25) is 9.59 Å². The van der Waals surface area contributed by atoms with Gasteiger partial charge in [0, 0.05) is 26.2 Å². The van der Waals surface area contributed by atoms with Gasteiger partial charge in [0.05, 0.1) is 19.2 Å². The van der Waals surface area contributed by atoms with Crippen LogP contribution in [0.2, 0.25) is 15.1 Å². The molecule has 0 bridgehead atoms. The van der Waals surface area contributed by atoms with Crippen LogP contribution < -0.4 is 14.2 Å². The van der Waals surface area contributed by atoms with Crippen molar-refractivity contribution in [3.05, 3.63) is 194 Å². The van der Waals surface area contributed by atoms with Crippen molar-refractivity contribution < 1.29 is 43.6 Å². The van der Waals surface area contributed by atoms with E-state index in [4.69, 9.17) is 49.0 Å². The molecule has 11 nitrogen and oxygen atoms in total. The maximum Gasteiger partial charge on any atom is 0.326 e. The van der Waals surface area contributed by atoms with Crippen LogP contribution >= 0.6 is 34.8 Å². The zero-order valence-electron chi connectivity index (χ0n) is 35.2. The Morgan fingerprint density at radius 3 is 1.37 bits per heavy atom. The molecule has 14 heteroatoms. The number of aliphatic carboxylic acids is 2. The summed E-state index contributed by atoms with van der Waals surface area (Å²) in [5.74, 6) is -0.770. The number of amides is 2.